The number of ether oxygens (including phenoxy) is 1. The fourth-order valence-electron chi connectivity index (χ4n) is 3.35. The summed E-state index contributed by atoms with van der Waals surface area (Å²) in [5, 5.41) is 23.0. The summed E-state index contributed by atoms with van der Waals surface area (Å²) in [7, 11) is 0. The molecule has 0 aromatic heterocycles. The Kier molecular flexibility index (Phi) is 5.17. The van der Waals surface area contributed by atoms with Crippen LogP contribution in [0.25, 0.3) is 0 Å². The number of fused-ring (bicyclic) bond motifs is 2. The van der Waals surface area contributed by atoms with Gasteiger partial charge >= 0.3 is 12.1 Å². The van der Waals surface area contributed by atoms with Crippen molar-refractivity contribution in [3.05, 3.63) is 85.9 Å². The summed E-state index contributed by atoms with van der Waals surface area (Å²) in [6.07, 6.45) is -4.44. The summed E-state index contributed by atoms with van der Waals surface area (Å²) in [5.41, 5.74) is -0.310. The minimum atomic E-state index is -4.59. The van der Waals surface area contributed by atoms with Crippen LogP contribution >= 0.6 is 11.6 Å². The standard InChI is InChI=1S/C21H12ClF3N2O5/c22-15-3-1-10(6-14(15)21(23,24)25)5-11-2-4-17-16(7-11)26-19-13(20(28)29)8-12(27(30)31)9-18(19)32-17/h1-4,6-9,26H,5H2,(H,28,29). The van der Waals surface area contributed by atoms with Crippen molar-refractivity contribution in [3.8, 4) is 11.5 Å². The normalized spacial score (nSPS) is 12.2. The van der Waals surface area contributed by atoms with Gasteiger partial charge in [0.2, 0.25) is 0 Å². The number of carboxylic acids is 1. The van der Waals surface area contributed by atoms with Crippen molar-refractivity contribution in [2.45, 2.75) is 12.6 Å². The molecule has 0 fully saturated rings. The molecule has 0 spiro atoms. The SMILES string of the molecule is O=C(O)c1cc([N+](=O)[O-])cc2c1Nc1cc(Cc3ccc(Cl)c(C(F)(F)F)c3)ccc1O2. The maximum Gasteiger partial charge on any atom is 0.417 e. The van der Waals surface area contributed by atoms with Crippen LogP contribution in [0.5, 0.6) is 11.5 Å². The molecule has 0 aliphatic carbocycles. The number of nitro benzene ring substituents is 1. The summed E-state index contributed by atoms with van der Waals surface area (Å²) in [6, 6.07) is 10.4. The smallest absolute Gasteiger partial charge is 0.417 e. The highest BCUT2D eigenvalue weighted by Gasteiger charge is 2.33. The van der Waals surface area contributed by atoms with Crippen LogP contribution in [0.4, 0.5) is 30.2 Å². The summed E-state index contributed by atoms with van der Waals surface area (Å²) in [6.45, 7) is 0. The highest BCUT2D eigenvalue weighted by Crippen LogP contribution is 2.46. The molecule has 0 radical (unpaired) electrons. The van der Waals surface area contributed by atoms with Crippen molar-refractivity contribution in [1.82, 2.24) is 0 Å². The third-order valence-electron chi connectivity index (χ3n) is 4.80. The minimum Gasteiger partial charge on any atom is -0.478 e. The van der Waals surface area contributed by atoms with E-state index in [9.17, 15) is 33.2 Å². The van der Waals surface area contributed by atoms with Crippen LogP contribution in [0, 0.1) is 10.1 Å². The third-order valence-corrected chi connectivity index (χ3v) is 5.13. The van der Waals surface area contributed by atoms with E-state index in [1.165, 1.54) is 12.1 Å². The first kappa shape index (κ1) is 21.4. The molecule has 11 heteroatoms. The molecule has 1 aliphatic rings. The Balaban J connectivity index is 1.67. The number of hydrogen-bond donors (Lipinski definition) is 2. The summed E-state index contributed by atoms with van der Waals surface area (Å²) < 4.78 is 45.0. The van der Waals surface area contributed by atoms with Gasteiger partial charge in [0.15, 0.2) is 11.5 Å². The number of nitro groups is 1. The molecule has 0 atom stereocenters. The van der Waals surface area contributed by atoms with Gasteiger partial charge in [-0.1, -0.05) is 23.7 Å². The van der Waals surface area contributed by atoms with Gasteiger partial charge in [0.25, 0.3) is 5.69 Å². The first-order valence-corrected chi connectivity index (χ1v) is 9.40. The van der Waals surface area contributed by atoms with Gasteiger partial charge in [-0.25, -0.2) is 4.79 Å². The molecule has 0 unspecified atom stereocenters. The number of non-ortho nitro benzene ring substituents is 1. The lowest BCUT2D eigenvalue weighted by atomic mass is 10.0. The van der Waals surface area contributed by atoms with E-state index in [1.54, 1.807) is 18.2 Å². The molecule has 7 nitrogen and oxygen atoms in total. The van der Waals surface area contributed by atoms with Gasteiger partial charge in [0.05, 0.1) is 38.5 Å². The van der Waals surface area contributed by atoms with Crippen LogP contribution in [-0.4, -0.2) is 16.0 Å². The average molecular weight is 465 g/mol. The average Bonchev–Trinajstić information content (AvgIpc) is 2.71. The molecule has 4 rings (SSSR count). The molecule has 0 amide bonds. The Hall–Kier alpha value is -3.79. The summed E-state index contributed by atoms with van der Waals surface area (Å²) >= 11 is 5.66. The number of carbonyl (C=O) groups is 1. The topological polar surface area (TPSA) is 102 Å². The lowest BCUT2D eigenvalue weighted by molar-refractivity contribution is -0.384. The number of rotatable bonds is 4. The van der Waals surface area contributed by atoms with Crippen molar-refractivity contribution in [2.24, 2.45) is 0 Å². The highest BCUT2D eigenvalue weighted by molar-refractivity contribution is 6.31. The number of benzene rings is 3. The van der Waals surface area contributed by atoms with Gasteiger partial charge in [-0.05, 0) is 41.8 Å². The second kappa shape index (κ2) is 7.72. The van der Waals surface area contributed by atoms with Crippen LogP contribution < -0.4 is 10.1 Å². The molecule has 1 aliphatic heterocycles. The van der Waals surface area contributed by atoms with Crippen LogP contribution in [0.15, 0.2) is 48.5 Å². The first-order valence-electron chi connectivity index (χ1n) is 9.02. The lowest BCUT2D eigenvalue weighted by Gasteiger charge is -2.23. The Morgan fingerprint density at radius 3 is 2.44 bits per heavy atom. The lowest BCUT2D eigenvalue weighted by Crippen LogP contribution is -2.10. The van der Waals surface area contributed by atoms with Gasteiger partial charge in [-0.3, -0.25) is 10.1 Å². The van der Waals surface area contributed by atoms with E-state index in [-0.39, 0.29) is 29.2 Å². The van der Waals surface area contributed by atoms with Crippen LogP contribution in [-0.2, 0) is 12.6 Å². The monoisotopic (exact) mass is 464 g/mol. The second-order valence-electron chi connectivity index (χ2n) is 6.98. The van der Waals surface area contributed by atoms with Gasteiger partial charge < -0.3 is 15.2 Å². The predicted molar refractivity (Wildman–Crippen MR) is 109 cm³/mol. The number of anilines is 2. The van der Waals surface area contributed by atoms with E-state index in [0.29, 0.717) is 16.8 Å². The molecule has 3 aromatic rings. The van der Waals surface area contributed by atoms with Gasteiger partial charge in [-0.2, -0.15) is 13.2 Å². The largest absolute Gasteiger partial charge is 0.478 e. The molecule has 0 saturated heterocycles. The van der Waals surface area contributed by atoms with Crippen LogP contribution in [0.2, 0.25) is 5.02 Å². The molecular formula is C21H12ClF3N2O5. The number of nitrogens with one attached hydrogen (secondary N) is 1. The van der Waals surface area contributed by atoms with Gasteiger partial charge in [-0.15, -0.1) is 0 Å². The Morgan fingerprint density at radius 2 is 1.78 bits per heavy atom. The summed E-state index contributed by atoms with van der Waals surface area (Å²) in [5.74, 6) is -1.13. The Labute approximate surface area is 183 Å². The van der Waals surface area contributed by atoms with Crippen molar-refractivity contribution in [3.63, 3.8) is 0 Å². The van der Waals surface area contributed by atoms with E-state index in [1.807, 2.05) is 0 Å². The third kappa shape index (κ3) is 4.04. The molecule has 32 heavy (non-hydrogen) atoms. The number of alkyl halides is 3. The fourth-order valence-corrected chi connectivity index (χ4v) is 3.57. The van der Waals surface area contributed by atoms with Crippen molar-refractivity contribution in [1.29, 1.82) is 0 Å². The number of carboxylic acid groups (broad SMARTS) is 1. The van der Waals surface area contributed by atoms with Gasteiger partial charge in [0.1, 0.15) is 0 Å². The van der Waals surface area contributed by atoms with E-state index < -0.39 is 33.3 Å². The second-order valence-corrected chi connectivity index (χ2v) is 7.38. The van der Waals surface area contributed by atoms with E-state index in [4.69, 9.17) is 16.3 Å². The molecule has 2 N–H and O–H groups in total. The van der Waals surface area contributed by atoms with Crippen molar-refractivity contribution in [2.75, 3.05) is 5.32 Å². The Bertz CT molecular complexity index is 1280. The van der Waals surface area contributed by atoms with Crippen molar-refractivity contribution < 1.29 is 32.7 Å². The molecule has 0 bridgehead atoms. The molecular weight excluding hydrogens is 453 g/mol. The van der Waals surface area contributed by atoms with Crippen LogP contribution in [0.3, 0.4) is 0 Å². The molecule has 164 valence electrons. The maximum absolute atomic E-state index is 13.1. The van der Waals surface area contributed by atoms with Crippen molar-refractivity contribution >= 4 is 34.6 Å². The van der Waals surface area contributed by atoms with Gasteiger partial charge in [0, 0.05) is 6.07 Å². The molecule has 3 aromatic carbocycles. The first-order chi connectivity index (χ1) is 15.0. The zero-order valence-electron chi connectivity index (χ0n) is 15.9. The van der Waals surface area contributed by atoms with E-state index in [2.05, 4.69) is 5.32 Å². The number of halogens is 4. The van der Waals surface area contributed by atoms with E-state index in [0.717, 1.165) is 18.2 Å². The number of hydrogen-bond acceptors (Lipinski definition) is 5. The number of aromatic carboxylic acids is 1. The Morgan fingerprint density at radius 1 is 1.09 bits per heavy atom. The van der Waals surface area contributed by atoms with E-state index >= 15 is 0 Å². The van der Waals surface area contributed by atoms with Crippen LogP contribution in [0.1, 0.15) is 27.0 Å². The molecule has 1 heterocycles. The minimum absolute atomic E-state index is 0.0237. The summed E-state index contributed by atoms with van der Waals surface area (Å²) in [4.78, 5) is 22.0. The molecule has 0 saturated carbocycles. The highest BCUT2D eigenvalue weighted by atomic mass is 35.5. The number of nitrogens with zero attached hydrogens (tertiary/aromatic N) is 1. The maximum atomic E-state index is 13.1. The quantitative estimate of drug-likeness (QED) is 0.267. The predicted octanol–water partition coefficient (Wildman–Crippen LogP) is 6.41. The fraction of sp³-hybridized carbons (Fsp3) is 0.0952. The zero-order chi connectivity index (χ0) is 23.2. The zero-order valence-corrected chi connectivity index (χ0v) is 16.6.